The number of ether oxygens (including phenoxy) is 1. The molecule has 0 bridgehead atoms. The number of anilines is 2. The van der Waals surface area contributed by atoms with Crippen LogP contribution in [0.15, 0.2) is 30.3 Å². The van der Waals surface area contributed by atoms with E-state index in [1.165, 1.54) is 31.4 Å². The predicted octanol–water partition coefficient (Wildman–Crippen LogP) is 2.71. The molecule has 1 saturated heterocycles. The number of carbonyl (C=O) groups excluding carboxylic acids is 3. The number of rotatable bonds is 5. The molecule has 0 aromatic heterocycles. The number of methoxy groups -OCH3 is 1. The van der Waals surface area contributed by atoms with Gasteiger partial charge in [-0.15, -0.1) is 0 Å². The number of nitrogens with one attached hydrogen (secondary N) is 3. The SMILES string of the molecule is COc1cc(C(N)=O)ccc1NC(=O)C1CC2(CN1)C(=O)Nc1cc(CC(C)(C)C)c(F)cc12. The number of benzene rings is 2. The summed E-state index contributed by atoms with van der Waals surface area (Å²) < 4.78 is 20.2. The standard InChI is InChI=1S/C25H29FN4O4/c1-24(2,3)10-14-7-18-15(9-16(14)26)25(23(33)30-18)11-19(28-12-25)22(32)29-17-6-5-13(21(27)31)8-20(17)34-4/h5-9,19,28H,10-12H2,1-4H3,(H2,27,31)(H,29,32)(H,30,33). The fourth-order valence-corrected chi connectivity index (χ4v) is 4.71. The molecule has 9 heteroatoms. The first-order chi connectivity index (χ1) is 15.9. The summed E-state index contributed by atoms with van der Waals surface area (Å²) in [5, 5.41) is 8.77. The molecule has 180 valence electrons. The Balaban J connectivity index is 1.56. The van der Waals surface area contributed by atoms with Crippen molar-refractivity contribution in [2.75, 3.05) is 24.3 Å². The van der Waals surface area contributed by atoms with E-state index in [1.54, 1.807) is 6.07 Å². The van der Waals surface area contributed by atoms with E-state index in [-0.39, 0.29) is 47.3 Å². The highest BCUT2D eigenvalue weighted by molar-refractivity contribution is 6.08. The van der Waals surface area contributed by atoms with Crippen molar-refractivity contribution in [1.29, 1.82) is 0 Å². The van der Waals surface area contributed by atoms with Crippen LogP contribution in [-0.2, 0) is 21.4 Å². The number of fused-ring (bicyclic) bond motifs is 2. The van der Waals surface area contributed by atoms with Gasteiger partial charge in [0.05, 0.1) is 24.3 Å². The van der Waals surface area contributed by atoms with Crippen molar-refractivity contribution in [1.82, 2.24) is 5.32 Å². The first-order valence-corrected chi connectivity index (χ1v) is 11.1. The Bertz CT molecular complexity index is 1190. The van der Waals surface area contributed by atoms with Crippen LogP contribution >= 0.6 is 0 Å². The number of nitrogens with two attached hydrogens (primary N) is 1. The van der Waals surface area contributed by atoms with E-state index < -0.39 is 17.4 Å². The summed E-state index contributed by atoms with van der Waals surface area (Å²) in [6.07, 6.45) is 0.714. The monoisotopic (exact) mass is 468 g/mol. The molecular formula is C25H29FN4O4. The lowest BCUT2D eigenvalue weighted by molar-refractivity contribution is -0.120. The van der Waals surface area contributed by atoms with Gasteiger partial charge in [0, 0.05) is 17.8 Å². The van der Waals surface area contributed by atoms with Gasteiger partial charge in [-0.3, -0.25) is 14.4 Å². The Morgan fingerprint density at radius 1 is 1.26 bits per heavy atom. The topological polar surface area (TPSA) is 123 Å². The van der Waals surface area contributed by atoms with Crippen molar-refractivity contribution >= 4 is 29.1 Å². The summed E-state index contributed by atoms with van der Waals surface area (Å²) in [7, 11) is 1.42. The normalized spacial score (nSPS) is 21.3. The van der Waals surface area contributed by atoms with Crippen LogP contribution in [0.4, 0.5) is 15.8 Å². The van der Waals surface area contributed by atoms with E-state index in [4.69, 9.17) is 10.5 Å². The van der Waals surface area contributed by atoms with Gasteiger partial charge in [0.1, 0.15) is 11.6 Å². The molecule has 1 spiro atoms. The summed E-state index contributed by atoms with van der Waals surface area (Å²) in [6.45, 7) is 6.29. The molecule has 2 aliphatic heterocycles. The lowest BCUT2D eigenvalue weighted by Gasteiger charge is -2.22. The molecule has 4 rings (SSSR count). The number of carbonyl (C=O) groups is 3. The van der Waals surface area contributed by atoms with Gasteiger partial charge in [0.25, 0.3) is 0 Å². The molecule has 5 N–H and O–H groups in total. The summed E-state index contributed by atoms with van der Waals surface area (Å²) >= 11 is 0. The van der Waals surface area contributed by atoms with Crippen molar-refractivity contribution in [3.05, 3.63) is 52.8 Å². The maximum Gasteiger partial charge on any atom is 0.248 e. The first kappa shape index (κ1) is 23.7. The quantitative estimate of drug-likeness (QED) is 0.537. The number of hydrogen-bond donors (Lipinski definition) is 4. The molecule has 2 aliphatic rings. The molecule has 2 heterocycles. The minimum Gasteiger partial charge on any atom is -0.495 e. The maximum absolute atomic E-state index is 15.0. The van der Waals surface area contributed by atoms with Crippen molar-refractivity contribution in [3.8, 4) is 5.75 Å². The fraction of sp³-hybridized carbons (Fsp3) is 0.400. The first-order valence-electron chi connectivity index (χ1n) is 11.1. The van der Waals surface area contributed by atoms with Gasteiger partial charge in [0.2, 0.25) is 17.7 Å². The summed E-state index contributed by atoms with van der Waals surface area (Å²) in [5.74, 6) is -1.29. The van der Waals surface area contributed by atoms with Gasteiger partial charge in [-0.05, 0) is 59.7 Å². The zero-order chi connectivity index (χ0) is 24.8. The van der Waals surface area contributed by atoms with Gasteiger partial charge in [-0.2, -0.15) is 0 Å². The van der Waals surface area contributed by atoms with E-state index >= 15 is 0 Å². The highest BCUT2D eigenvalue weighted by Gasteiger charge is 2.53. The van der Waals surface area contributed by atoms with Gasteiger partial charge >= 0.3 is 0 Å². The molecule has 2 unspecified atom stereocenters. The van der Waals surface area contributed by atoms with Gasteiger partial charge in [-0.1, -0.05) is 20.8 Å². The lowest BCUT2D eigenvalue weighted by atomic mass is 9.78. The Morgan fingerprint density at radius 3 is 2.65 bits per heavy atom. The Morgan fingerprint density at radius 2 is 2.00 bits per heavy atom. The summed E-state index contributed by atoms with van der Waals surface area (Å²) in [4.78, 5) is 37.4. The van der Waals surface area contributed by atoms with Crippen LogP contribution in [0, 0.1) is 11.2 Å². The molecule has 8 nitrogen and oxygen atoms in total. The average molecular weight is 469 g/mol. The molecule has 0 saturated carbocycles. The third kappa shape index (κ3) is 4.23. The Hall–Kier alpha value is -3.46. The van der Waals surface area contributed by atoms with Gasteiger partial charge < -0.3 is 26.4 Å². The average Bonchev–Trinajstić information content (AvgIpc) is 3.31. The zero-order valence-corrected chi connectivity index (χ0v) is 19.7. The molecular weight excluding hydrogens is 439 g/mol. The van der Waals surface area contributed by atoms with Gasteiger partial charge in [-0.25, -0.2) is 4.39 Å². The zero-order valence-electron chi connectivity index (χ0n) is 19.7. The number of amides is 3. The Kier molecular flexibility index (Phi) is 5.85. The summed E-state index contributed by atoms with van der Waals surface area (Å²) in [5.41, 5.74) is 6.50. The van der Waals surface area contributed by atoms with Crippen LogP contribution in [0.25, 0.3) is 0 Å². The maximum atomic E-state index is 15.0. The fourth-order valence-electron chi connectivity index (χ4n) is 4.71. The number of primary amides is 1. The minimum atomic E-state index is -1.03. The van der Waals surface area contributed by atoms with E-state index in [2.05, 4.69) is 16.0 Å². The molecule has 2 aromatic rings. The molecule has 1 fully saturated rings. The predicted molar refractivity (Wildman–Crippen MR) is 126 cm³/mol. The van der Waals surface area contributed by atoms with E-state index in [0.717, 1.165) is 0 Å². The molecule has 0 aliphatic carbocycles. The summed E-state index contributed by atoms with van der Waals surface area (Å²) in [6, 6.07) is 6.92. The second kappa shape index (κ2) is 8.39. The van der Waals surface area contributed by atoms with Gasteiger partial charge in [0.15, 0.2) is 0 Å². The van der Waals surface area contributed by atoms with Crippen molar-refractivity contribution < 1.29 is 23.5 Å². The molecule has 34 heavy (non-hydrogen) atoms. The van der Waals surface area contributed by atoms with Crippen molar-refractivity contribution in [2.45, 2.75) is 45.1 Å². The van der Waals surface area contributed by atoms with Crippen molar-refractivity contribution in [3.63, 3.8) is 0 Å². The second-order valence-electron chi connectivity index (χ2n) is 10.2. The number of halogens is 1. The lowest BCUT2D eigenvalue weighted by Crippen LogP contribution is -2.36. The minimum absolute atomic E-state index is 0.107. The van der Waals surface area contributed by atoms with Crippen LogP contribution in [0.3, 0.4) is 0 Å². The van der Waals surface area contributed by atoms with Crippen LogP contribution in [0.2, 0.25) is 0 Å². The van der Waals surface area contributed by atoms with E-state index in [9.17, 15) is 18.8 Å². The third-order valence-corrected chi connectivity index (χ3v) is 6.37. The van der Waals surface area contributed by atoms with E-state index in [0.29, 0.717) is 28.9 Å². The largest absolute Gasteiger partial charge is 0.495 e. The molecule has 3 amide bonds. The molecule has 2 atom stereocenters. The van der Waals surface area contributed by atoms with Crippen LogP contribution < -0.4 is 26.4 Å². The van der Waals surface area contributed by atoms with E-state index in [1.807, 2.05) is 20.8 Å². The molecule has 2 aromatic carbocycles. The van der Waals surface area contributed by atoms with Crippen LogP contribution in [0.1, 0.15) is 48.7 Å². The number of hydrogen-bond acceptors (Lipinski definition) is 5. The van der Waals surface area contributed by atoms with Crippen LogP contribution in [-0.4, -0.2) is 37.4 Å². The Labute approximate surface area is 197 Å². The van der Waals surface area contributed by atoms with Crippen molar-refractivity contribution in [2.24, 2.45) is 11.1 Å². The highest BCUT2D eigenvalue weighted by atomic mass is 19.1. The van der Waals surface area contributed by atoms with Crippen LogP contribution in [0.5, 0.6) is 5.75 Å². The second-order valence-corrected chi connectivity index (χ2v) is 10.2. The third-order valence-electron chi connectivity index (χ3n) is 6.37. The highest BCUT2D eigenvalue weighted by Crippen LogP contribution is 2.45. The smallest absolute Gasteiger partial charge is 0.248 e. The molecule has 0 radical (unpaired) electrons.